The highest BCUT2D eigenvalue weighted by Crippen LogP contribution is 2.34. The van der Waals surface area contributed by atoms with Crippen LogP contribution in [0.1, 0.15) is 18.4 Å². The number of hydrogen-bond donors (Lipinski definition) is 3. The summed E-state index contributed by atoms with van der Waals surface area (Å²) in [5.41, 5.74) is 6.51. The van der Waals surface area contributed by atoms with Gasteiger partial charge in [0.1, 0.15) is 19.3 Å². The number of nitrogens with zero attached hydrogens (tertiary/aromatic N) is 1. The highest BCUT2D eigenvalue weighted by atomic mass is 32.2. The number of carbonyl (C=O) groups is 2. The van der Waals surface area contributed by atoms with Crippen molar-refractivity contribution < 1.29 is 27.5 Å². The Hall–Kier alpha value is -3.57. The van der Waals surface area contributed by atoms with E-state index in [2.05, 4.69) is 15.8 Å². The molecule has 0 spiro atoms. The van der Waals surface area contributed by atoms with Gasteiger partial charge in [0.15, 0.2) is 11.5 Å². The SMILES string of the molecule is O=C(Cc1c[nH]c2ccccc12)NNC(=O)C1CCCN1S(=O)(=O)c1ccc2c(c1)OCCO2. The van der Waals surface area contributed by atoms with Crippen LogP contribution in [0.25, 0.3) is 10.9 Å². The zero-order valence-corrected chi connectivity index (χ0v) is 19.1. The number of carbonyl (C=O) groups excluding carboxylic acids is 2. The molecule has 2 aliphatic rings. The molecule has 178 valence electrons. The van der Waals surface area contributed by atoms with E-state index in [9.17, 15) is 18.0 Å². The molecule has 0 bridgehead atoms. The Bertz CT molecular complexity index is 1350. The fourth-order valence-electron chi connectivity index (χ4n) is 4.32. The van der Waals surface area contributed by atoms with E-state index in [1.54, 1.807) is 12.3 Å². The van der Waals surface area contributed by atoms with Crippen LogP contribution in [0.3, 0.4) is 0 Å². The van der Waals surface area contributed by atoms with Gasteiger partial charge in [0.25, 0.3) is 5.91 Å². The third-order valence-corrected chi connectivity index (χ3v) is 7.88. The van der Waals surface area contributed by atoms with Gasteiger partial charge in [-0.15, -0.1) is 0 Å². The first kappa shape index (κ1) is 22.2. The summed E-state index contributed by atoms with van der Waals surface area (Å²) in [5.74, 6) is -0.140. The second kappa shape index (κ2) is 8.99. The molecule has 0 aliphatic carbocycles. The molecule has 1 unspecified atom stereocenters. The number of hydrazine groups is 1. The summed E-state index contributed by atoms with van der Waals surface area (Å²) < 4.78 is 38.6. The second-order valence-electron chi connectivity index (χ2n) is 8.15. The average Bonchev–Trinajstić information content (AvgIpc) is 3.51. The number of amides is 2. The van der Waals surface area contributed by atoms with E-state index >= 15 is 0 Å². The third-order valence-electron chi connectivity index (χ3n) is 5.98. The zero-order valence-electron chi connectivity index (χ0n) is 18.2. The topological polar surface area (TPSA) is 130 Å². The van der Waals surface area contributed by atoms with Gasteiger partial charge >= 0.3 is 0 Å². The maximum Gasteiger partial charge on any atom is 0.256 e. The molecule has 2 aliphatic heterocycles. The van der Waals surface area contributed by atoms with Gasteiger partial charge in [0.2, 0.25) is 15.9 Å². The molecule has 1 saturated heterocycles. The predicted octanol–water partition coefficient (Wildman–Crippen LogP) is 1.48. The van der Waals surface area contributed by atoms with Crippen LogP contribution in [0, 0.1) is 0 Å². The Labute approximate surface area is 196 Å². The summed E-state index contributed by atoms with van der Waals surface area (Å²) >= 11 is 0. The minimum Gasteiger partial charge on any atom is -0.486 e. The number of fused-ring (bicyclic) bond motifs is 2. The normalized spacial score (nSPS) is 18.1. The molecular weight excluding hydrogens is 460 g/mol. The van der Waals surface area contributed by atoms with Crippen molar-refractivity contribution in [1.29, 1.82) is 0 Å². The molecule has 34 heavy (non-hydrogen) atoms. The van der Waals surface area contributed by atoms with E-state index < -0.39 is 27.9 Å². The first-order chi connectivity index (χ1) is 16.4. The van der Waals surface area contributed by atoms with Gasteiger partial charge in [-0.05, 0) is 36.6 Å². The summed E-state index contributed by atoms with van der Waals surface area (Å²) in [5, 5.41) is 0.927. The van der Waals surface area contributed by atoms with Gasteiger partial charge in [0, 0.05) is 29.7 Å². The van der Waals surface area contributed by atoms with Gasteiger partial charge in [-0.25, -0.2) is 8.42 Å². The van der Waals surface area contributed by atoms with Gasteiger partial charge in [-0.2, -0.15) is 4.31 Å². The van der Waals surface area contributed by atoms with Gasteiger partial charge in [-0.3, -0.25) is 20.4 Å². The summed E-state index contributed by atoms with van der Waals surface area (Å²) in [6.07, 6.45) is 2.71. The quantitative estimate of drug-likeness (QED) is 0.471. The zero-order chi connectivity index (χ0) is 23.7. The lowest BCUT2D eigenvalue weighted by molar-refractivity contribution is -0.130. The number of hydrogen-bond acceptors (Lipinski definition) is 6. The second-order valence-corrected chi connectivity index (χ2v) is 10.0. The van der Waals surface area contributed by atoms with E-state index in [0.29, 0.717) is 37.6 Å². The Morgan fingerprint density at radius 3 is 2.71 bits per heavy atom. The average molecular weight is 485 g/mol. The summed E-state index contributed by atoms with van der Waals surface area (Å²) in [6.45, 7) is 0.946. The minimum absolute atomic E-state index is 0.0276. The number of aromatic amines is 1. The van der Waals surface area contributed by atoms with Crippen LogP contribution in [0.2, 0.25) is 0 Å². The molecule has 2 amide bonds. The van der Waals surface area contributed by atoms with Crippen molar-refractivity contribution in [3.63, 3.8) is 0 Å². The van der Waals surface area contributed by atoms with Gasteiger partial charge in [0.05, 0.1) is 11.3 Å². The van der Waals surface area contributed by atoms with E-state index in [4.69, 9.17) is 9.47 Å². The molecule has 3 heterocycles. The highest BCUT2D eigenvalue weighted by Gasteiger charge is 2.40. The fourth-order valence-corrected chi connectivity index (χ4v) is 5.99. The standard InChI is InChI=1S/C23H24N4O6S/c28-22(12-15-14-24-18-5-2-1-4-17(15)18)25-26-23(29)19-6-3-9-27(19)34(30,31)16-7-8-20-21(13-16)33-11-10-32-20/h1-2,4-5,7-8,13-14,19,24H,3,6,9-12H2,(H,25,28)(H,26,29). The molecule has 2 aromatic carbocycles. The van der Waals surface area contributed by atoms with E-state index in [1.807, 2.05) is 24.3 Å². The van der Waals surface area contributed by atoms with Crippen molar-refractivity contribution in [1.82, 2.24) is 20.1 Å². The number of benzene rings is 2. The van der Waals surface area contributed by atoms with Gasteiger partial charge < -0.3 is 14.5 Å². The minimum atomic E-state index is -3.95. The van der Waals surface area contributed by atoms with Crippen LogP contribution < -0.4 is 20.3 Å². The van der Waals surface area contributed by atoms with Crippen LogP contribution in [-0.2, 0) is 26.0 Å². The molecule has 1 fully saturated rings. The van der Waals surface area contributed by atoms with Crippen molar-refractivity contribution in [2.75, 3.05) is 19.8 Å². The maximum atomic E-state index is 13.3. The first-order valence-corrected chi connectivity index (χ1v) is 12.4. The lowest BCUT2D eigenvalue weighted by Gasteiger charge is -2.24. The highest BCUT2D eigenvalue weighted by molar-refractivity contribution is 7.89. The Morgan fingerprint density at radius 1 is 1.06 bits per heavy atom. The largest absolute Gasteiger partial charge is 0.486 e. The molecule has 1 aromatic heterocycles. The Morgan fingerprint density at radius 2 is 1.85 bits per heavy atom. The van der Waals surface area contributed by atoms with Crippen LogP contribution in [0.4, 0.5) is 0 Å². The number of H-pyrrole nitrogens is 1. The van der Waals surface area contributed by atoms with Crippen LogP contribution >= 0.6 is 0 Å². The number of sulfonamides is 1. The Kier molecular flexibility index (Phi) is 5.88. The van der Waals surface area contributed by atoms with Crippen molar-refractivity contribution >= 4 is 32.7 Å². The smallest absolute Gasteiger partial charge is 0.256 e. The lowest BCUT2D eigenvalue weighted by atomic mass is 10.1. The fraction of sp³-hybridized carbons (Fsp3) is 0.304. The molecule has 1 atom stereocenters. The number of rotatable bonds is 5. The summed E-state index contributed by atoms with van der Waals surface area (Å²) in [7, 11) is -3.95. The van der Waals surface area contributed by atoms with E-state index in [0.717, 1.165) is 16.5 Å². The van der Waals surface area contributed by atoms with Crippen LogP contribution in [-0.4, -0.2) is 55.3 Å². The number of nitrogens with one attached hydrogen (secondary N) is 3. The van der Waals surface area contributed by atoms with Crippen molar-refractivity contribution in [3.8, 4) is 11.5 Å². The Balaban J connectivity index is 1.24. The molecule has 3 N–H and O–H groups in total. The number of ether oxygens (including phenoxy) is 2. The monoisotopic (exact) mass is 484 g/mol. The molecular formula is C23H24N4O6S. The predicted molar refractivity (Wildman–Crippen MR) is 123 cm³/mol. The summed E-state index contributed by atoms with van der Waals surface area (Å²) in [6, 6.07) is 11.1. The molecule has 0 saturated carbocycles. The van der Waals surface area contributed by atoms with Crippen LogP contribution in [0.15, 0.2) is 53.6 Å². The molecule has 3 aromatic rings. The first-order valence-electron chi connectivity index (χ1n) is 11.0. The summed E-state index contributed by atoms with van der Waals surface area (Å²) in [4.78, 5) is 28.3. The number of para-hydroxylation sites is 1. The van der Waals surface area contributed by atoms with Crippen molar-refractivity contribution in [3.05, 3.63) is 54.2 Å². The van der Waals surface area contributed by atoms with Crippen molar-refractivity contribution in [2.45, 2.75) is 30.2 Å². The third kappa shape index (κ3) is 4.19. The van der Waals surface area contributed by atoms with Crippen LogP contribution in [0.5, 0.6) is 11.5 Å². The molecule has 0 radical (unpaired) electrons. The lowest BCUT2D eigenvalue weighted by Crippen LogP contribution is -2.51. The number of aromatic nitrogens is 1. The van der Waals surface area contributed by atoms with Gasteiger partial charge in [-0.1, -0.05) is 18.2 Å². The maximum absolute atomic E-state index is 13.3. The molecule has 10 nitrogen and oxygen atoms in total. The van der Waals surface area contributed by atoms with E-state index in [-0.39, 0.29) is 17.9 Å². The van der Waals surface area contributed by atoms with E-state index in [1.165, 1.54) is 16.4 Å². The molecule has 11 heteroatoms. The molecule has 5 rings (SSSR count). The van der Waals surface area contributed by atoms with Crippen molar-refractivity contribution in [2.24, 2.45) is 0 Å².